The summed E-state index contributed by atoms with van der Waals surface area (Å²) in [7, 11) is 0. The Hall–Kier alpha value is -2.08. The van der Waals surface area contributed by atoms with Crippen LogP contribution in [0.2, 0.25) is 0 Å². The fourth-order valence-electron chi connectivity index (χ4n) is 2.38. The number of hydrogen-bond donors (Lipinski definition) is 2. The third-order valence-corrected chi connectivity index (χ3v) is 3.66. The molecular formula is C19H22N2. The zero-order chi connectivity index (χ0) is 15.1. The first-order chi connectivity index (χ1) is 10.2. The van der Waals surface area contributed by atoms with Gasteiger partial charge in [-0.25, -0.2) is 0 Å². The first-order valence-corrected chi connectivity index (χ1v) is 7.32. The van der Waals surface area contributed by atoms with Crippen LogP contribution in [0.3, 0.4) is 0 Å². The molecule has 2 aromatic carbocycles. The zero-order valence-corrected chi connectivity index (χ0v) is 12.4. The molecule has 0 spiro atoms. The van der Waals surface area contributed by atoms with Gasteiger partial charge in [0.15, 0.2) is 0 Å². The Bertz CT molecular complexity index is 671. The minimum Gasteiger partial charge on any atom is -0.330 e. The van der Waals surface area contributed by atoms with Crippen LogP contribution < -0.4 is 11.5 Å². The van der Waals surface area contributed by atoms with E-state index in [4.69, 9.17) is 11.5 Å². The molecular weight excluding hydrogens is 256 g/mol. The molecule has 2 nitrogen and oxygen atoms in total. The van der Waals surface area contributed by atoms with Crippen LogP contribution in [0.1, 0.15) is 24.8 Å². The van der Waals surface area contributed by atoms with Crippen molar-refractivity contribution in [2.75, 3.05) is 6.54 Å². The molecule has 0 aliphatic heterocycles. The minimum atomic E-state index is -0.0528. The maximum absolute atomic E-state index is 6.28. The third-order valence-electron chi connectivity index (χ3n) is 3.66. The average molecular weight is 278 g/mol. The summed E-state index contributed by atoms with van der Waals surface area (Å²) in [5.41, 5.74) is 12.9. The first-order valence-electron chi connectivity index (χ1n) is 7.32. The number of fused-ring (bicyclic) bond motifs is 1. The second kappa shape index (κ2) is 7.64. The molecule has 0 aromatic heterocycles. The largest absolute Gasteiger partial charge is 0.330 e. The van der Waals surface area contributed by atoms with E-state index >= 15 is 0 Å². The lowest BCUT2D eigenvalue weighted by Crippen LogP contribution is -2.24. The molecule has 108 valence electrons. The molecule has 0 heterocycles. The summed E-state index contributed by atoms with van der Waals surface area (Å²) in [5, 5.41) is 2.52. The summed E-state index contributed by atoms with van der Waals surface area (Å²) in [5.74, 6) is 6.19. The molecule has 0 amide bonds. The third kappa shape index (κ3) is 3.95. The Kier molecular flexibility index (Phi) is 5.57. The highest BCUT2D eigenvalue weighted by atomic mass is 14.6. The van der Waals surface area contributed by atoms with Crippen LogP contribution in [0.25, 0.3) is 10.8 Å². The van der Waals surface area contributed by atoms with E-state index < -0.39 is 0 Å². The monoisotopic (exact) mass is 278 g/mol. The number of nitrogens with two attached hydrogens (primary N) is 2. The molecule has 2 unspecified atom stereocenters. The van der Waals surface area contributed by atoms with Gasteiger partial charge in [-0.2, -0.15) is 0 Å². The van der Waals surface area contributed by atoms with Crippen molar-refractivity contribution < 1.29 is 0 Å². The van der Waals surface area contributed by atoms with Gasteiger partial charge < -0.3 is 11.5 Å². The summed E-state index contributed by atoms with van der Waals surface area (Å²) in [6.07, 6.45) is 4.52. The number of rotatable bonds is 4. The van der Waals surface area contributed by atoms with Gasteiger partial charge in [-0.15, -0.1) is 0 Å². The standard InChI is InChI=1S/C19H22N2/c1-15(19(21)13-4-2-3-7-14-20)17-12-8-10-16-9-5-6-11-18(16)17/h4-6,8-13,15,19H,7,14,20-21H2,1H3. The van der Waals surface area contributed by atoms with Crippen LogP contribution in [0, 0.1) is 11.8 Å². The van der Waals surface area contributed by atoms with Crippen molar-refractivity contribution in [1.29, 1.82) is 0 Å². The van der Waals surface area contributed by atoms with Crippen LogP contribution in [0.5, 0.6) is 0 Å². The fraction of sp³-hybridized carbons (Fsp3) is 0.263. The quantitative estimate of drug-likeness (QED) is 0.844. The molecule has 4 N–H and O–H groups in total. The predicted octanol–water partition coefficient (Wildman–Crippen LogP) is 3.18. The van der Waals surface area contributed by atoms with E-state index in [1.54, 1.807) is 0 Å². The molecule has 2 heteroatoms. The lowest BCUT2D eigenvalue weighted by atomic mass is 9.89. The Morgan fingerprint density at radius 1 is 1.14 bits per heavy atom. The summed E-state index contributed by atoms with van der Waals surface area (Å²) in [6.45, 7) is 2.75. The number of benzene rings is 2. The van der Waals surface area contributed by atoms with Crippen molar-refractivity contribution in [3.05, 3.63) is 60.2 Å². The van der Waals surface area contributed by atoms with Crippen molar-refractivity contribution in [3.63, 3.8) is 0 Å². The molecule has 21 heavy (non-hydrogen) atoms. The lowest BCUT2D eigenvalue weighted by molar-refractivity contribution is 0.668. The van der Waals surface area contributed by atoms with Gasteiger partial charge in [-0.05, 0) is 22.4 Å². The van der Waals surface area contributed by atoms with Crippen LogP contribution in [0.15, 0.2) is 54.6 Å². The Morgan fingerprint density at radius 2 is 1.90 bits per heavy atom. The van der Waals surface area contributed by atoms with E-state index in [1.165, 1.54) is 16.3 Å². The van der Waals surface area contributed by atoms with Crippen molar-refractivity contribution in [3.8, 4) is 11.8 Å². The van der Waals surface area contributed by atoms with Gasteiger partial charge in [0.2, 0.25) is 0 Å². The highest BCUT2D eigenvalue weighted by Crippen LogP contribution is 2.27. The van der Waals surface area contributed by atoms with Crippen LogP contribution >= 0.6 is 0 Å². The first kappa shape index (κ1) is 15.3. The van der Waals surface area contributed by atoms with E-state index in [9.17, 15) is 0 Å². The molecule has 0 saturated carbocycles. The molecule has 0 fully saturated rings. The SMILES string of the molecule is CC(c1cccc2ccccc12)C(N)C=CC#CCCN. The molecule has 0 aliphatic carbocycles. The van der Waals surface area contributed by atoms with Crippen LogP contribution in [-0.2, 0) is 0 Å². The zero-order valence-electron chi connectivity index (χ0n) is 12.4. The average Bonchev–Trinajstić information content (AvgIpc) is 2.53. The number of hydrogen-bond acceptors (Lipinski definition) is 2. The summed E-state index contributed by atoms with van der Waals surface area (Å²) >= 11 is 0. The van der Waals surface area contributed by atoms with Crippen molar-refractivity contribution in [1.82, 2.24) is 0 Å². The summed E-state index contributed by atoms with van der Waals surface area (Å²) in [4.78, 5) is 0. The fourth-order valence-corrected chi connectivity index (χ4v) is 2.38. The second-order valence-electron chi connectivity index (χ2n) is 5.15. The van der Waals surface area contributed by atoms with Crippen LogP contribution in [0.4, 0.5) is 0 Å². The van der Waals surface area contributed by atoms with E-state index in [0.717, 1.165) is 6.42 Å². The van der Waals surface area contributed by atoms with Gasteiger partial charge >= 0.3 is 0 Å². The highest BCUT2D eigenvalue weighted by molar-refractivity contribution is 5.86. The van der Waals surface area contributed by atoms with E-state index in [2.05, 4.69) is 61.2 Å². The van der Waals surface area contributed by atoms with Gasteiger partial charge in [-0.1, -0.05) is 67.3 Å². The van der Waals surface area contributed by atoms with Crippen molar-refractivity contribution in [2.24, 2.45) is 11.5 Å². The van der Waals surface area contributed by atoms with Gasteiger partial charge in [0.05, 0.1) is 0 Å². The maximum Gasteiger partial charge on any atom is 0.0300 e. The van der Waals surface area contributed by atoms with Crippen molar-refractivity contribution >= 4 is 10.8 Å². The molecule has 0 aliphatic rings. The summed E-state index contributed by atoms with van der Waals surface area (Å²) in [6, 6.07) is 14.7. The smallest absolute Gasteiger partial charge is 0.0300 e. The summed E-state index contributed by atoms with van der Waals surface area (Å²) < 4.78 is 0. The Labute approximate surface area is 126 Å². The Morgan fingerprint density at radius 3 is 2.71 bits per heavy atom. The molecule has 0 radical (unpaired) electrons. The number of allylic oxidation sites excluding steroid dienone is 1. The topological polar surface area (TPSA) is 52.0 Å². The lowest BCUT2D eigenvalue weighted by Gasteiger charge is -2.19. The van der Waals surface area contributed by atoms with Gasteiger partial charge in [0.25, 0.3) is 0 Å². The van der Waals surface area contributed by atoms with E-state index in [1.807, 2.05) is 12.2 Å². The van der Waals surface area contributed by atoms with E-state index in [-0.39, 0.29) is 12.0 Å². The maximum atomic E-state index is 6.28. The normalized spacial score (nSPS) is 13.9. The van der Waals surface area contributed by atoms with Gasteiger partial charge in [0, 0.05) is 24.9 Å². The van der Waals surface area contributed by atoms with Gasteiger partial charge in [0.1, 0.15) is 0 Å². The molecule has 0 saturated heterocycles. The van der Waals surface area contributed by atoms with Crippen molar-refractivity contribution in [2.45, 2.75) is 25.3 Å². The molecule has 2 rings (SSSR count). The second-order valence-corrected chi connectivity index (χ2v) is 5.15. The van der Waals surface area contributed by atoms with E-state index in [0.29, 0.717) is 6.54 Å². The van der Waals surface area contributed by atoms with Gasteiger partial charge in [-0.3, -0.25) is 0 Å². The highest BCUT2D eigenvalue weighted by Gasteiger charge is 2.14. The predicted molar refractivity (Wildman–Crippen MR) is 90.9 cm³/mol. The minimum absolute atomic E-state index is 0.0528. The molecule has 2 aromatic rings. The van der Waals surface area contributed by atoms with Crippen LogP contribution in [-0.4, -0.2) is 12.6 Å². The molecule has 2 atom stereocenters. The Balaban J connectivity index is 2.18. The molecule has 0 bridgehead atoms.